The molecule has 1 N–H and O–H groups in total. The lowest BCUT2D eigenvalue weighted by molar-refractivity contribution is 0.414. The van der Waals surface area contributed by atoms with Crippen LogP contribution in [0.3, 0.4) is 0 Å². The molecule has 0 saturated heterocycles. The van der Waals surface area contributed by atoms with E-state index >= 15 is 0 Å². The highest BCUT2D eigenvalue weighted by Crippen LogP contribution is 2.39. The molecule has 0 bridgehead atoms. The molecule has 0 radical (unpaired) electrons. The molecule has 5 aromatic rings. The third kappa shape index (κ3) is 7.05. The fourth-order valence-corrected chi connectivity index (χ4v) is 5.61. The van der Waals surface area contributed by atoms with Crippen LogP contribution >= 0.6 is 0 Å². The normalized spacial score (nSPS) is 11.2. The van der Waals surface area contributed by atoms with Crippen molar-refractivity contribution in [2.75, 3.05) is 7.11 Å². The second-order valence-corrected chi connectivity index (χ2v) is 12.5. The monoisotopic (exact) mass is 646 g/mol. The number of ether oxygens (including phenoxy) is 4. The summed E-state index contributed by atoms with van der Waals surface area (Å²) < 4.78 is 57.6. The van der Waals surface area contributed by atoms with Gasteiger partial charge in [-0.05, 0) is 78.2 Å². The van der Waals surface area contributed by atoms with Crippen LogP contribution in [0.4, 0.5) is 0 Å². The molecule has 0 aromatic heterocycles. The topological polar surface area (TPSA) is 139 Å². The Morgan fingerprint density at radius 3 is 1.66 bits per heavy atom. The van der Waals surface area contributed by atoms with E-state index in [2.05, 4.69) is 19.9 Å². The van der Waals surface area contributed by atoms with Crippen molar-refractivity contribution in [3.05, 3.63) is 131 Å². The average Bonchev–Trinajstić information content (AvgIpc) is 3.05. The van der Waals surface area contributed by atoms with Crippen molar-refractivity contribution in [1.82, 2.24) is 0 Å². The molecule has 0 atom stereocenters. The van der Waals surface area contributed by atoms with Crippen LogP contribution in [0.1, 0.15) is 41.7 Å². The summed E-state index contributed by atoms with van der Waals surface area (Å²) in [7, 11) is -3.15. The highest BCUT2D eigenvalue weighted by molar-refractivity contribution is 7.86. The zero-order valence-electron chi connectivity index (χ0n) is 26.0. The van der Waals surface area contributed by atoms with Gasteiger partial charge >= 0.3 is 0 Å². The number of rotatable bonds is 10. The van der Waals surface area contributed by atoms with Crippen LogP contribution in [0.2, 0.25) is 0 Å². The van der Waals surface area contributed by atoms with Gasteiger partial charge in [-0.3, -0.25) is 4.55 Å². The van der Waals surface area contributed by atoms with Gasteiger partial charge in [-0.2, -0.15) is 18.9 Å². The van der Waals surface area contributed by atoms with Crippen LogP contribution in [-0.4, -0.2) is 20.1 Å². The molecule has 0 heterocycles. The van der Waals surface area contributed by atoms with E-state index in [1.807, 2.05) is 54.6 Å². The number of aryl methyl sites for hydroxylation is 1. The van der Waals surface area contributed by atoms with Gasteiger partial charge < -0.3 is 18.9 Å². The Bertz CT molecular complexity index is 2130. The number of hydrogen-bond donors (Lipinski definition) is 1. The van der Waals surface area contributed by atoms with Gasteiger partial charge in [0.1, 0.15) is 62.8 Å². The SMILES string of the molecule is COc1ccc(C(C)(C)c2ccc(Oc3cccc(Oc4ccc(Oc5cccc(C)c5C#N)c(S(=O)(=O)O)c4)c3C#N)cc2)cc1. The van der Waals surface area contributed by atoms with Gasteiger partial charge in [0, 0.05) is 11.5 Å². The highest BCUT2D eigenvalue weighted by atomic mass is 32.2. The first-order chi connectivity index (χ1) is 22.4. The van der Waals surface area contributed by atoms with Gasteiger partial charge in [-0.1, -0.05) is 56.3 Å². The van der Waals surface area contributed by atoms with Crippen LogP contribution in [0.5, 0.6) is 40.2 Å². The number of nitriles is 2. The van der Waals surface area contributed by atoms with Crippen LogP contribution in [0.15, 0.2) is 108 Å². The fraction of sp³-hybridized carbons (Fsp3) is 0.135. The van der Waals surface area contributed by atoms with E-state index in [1.54, 1.807) is 38.3 Å². The molecule has 0 aliphatic rings. The first kappa shape index (κ1) is 32.6. The lowest BCUT2D eigenvalue weighted by Crippen LogP contribution is -2.18. The van der Waals surface area contributed by atoms with Gasteiger partial charge in [0.15, 0.2) is 0 Å². The molecule has 5 rings (SSSR count). The van der Waals surface area contributed by atoms with Gasteiger partial charge in [0.2, 0.25) is 0 Å². The lowest BCUT2D eigenvalue weighted by Gasteiger charge is -2.26. The Labute approximate surface area is 273 Å². The molecule has 0 saturated carbocycles. The van der Waals surface area contributed by atoms with E-state index in [0.717, 1.165) is 22.9 Å². The van der Waals surface area contributed by atoms with E-state index < -0.39 is 15.0 Å². The van der Waals surface area contributed by atoms with Crippen LogP contribution < -0.4 is 18.9 Å². The van der Waals surface area contributed by atoms with Crippen LogP contribution in [0, 0.1) is 29.6 Å². The average molecular weight is 647 g/mol. The third-order valence-electron chi connectivity index (χ3n) is 7.70. The Morgan fingerprint density at radius 2 is 1.13 bits per heavy atom. The summed E-state index contributed by atoms with van der Waals surface area (Å²) in [4.78, 5) is -0.580. The Kier molecular flexibility index (Phi) is 9.20. The maximum absolute atomic E-state index is 12.3. The summed E-state index contributed by atoms with van der Waals surface area (Å²) in [6.45, 7) is 5.96. The molecular formula is C37H30N2O7S. The summed E-state index contributed by atoms with van der Waals surface area (Å²) in [6, 6.07) is 33.1. The second-order valence-electron chi connectivity index (χ2n) is 11.1. The predicted octanol–water partition coefficient (Wildman–Crippen LogP) is 8.70. The van der Waals surface area contributed by atoms with E-state index in [-0.39, 0.29) is 45.3 Å². The van der Waals surface area contributed by atoms with Gasteiger partial charge in [0.05, 0.1) is 12.7 Å². The third-order valence-corrected chi connectivity index (χ3v) is 8.58. The Morgan fingerprint density at radius 1 is 0.638 bits per heavy atom. The summed E-state index contributed by atoms with van der Waals surface area (Å²) >= 11 is 0. The highest BCUT2D eigenvalue weighted by Gasteiger charge is 2.24. The molecule has 236 valence electrons. The van der Waals surface area contributed by atoms with Gasteiger partial charge in [0.25, 0.3) is 10.1 Å². The van der Waals surface area contributed by atoms with Gasteiger partial charge in [-0.15, -0.1) is 0 Å². The fourth-order valence-electron chi connectivity index (χ4n) is 4.98. The lowest BCUT2D eigenvalue weighted by atomic mass is 9.78. The first-order valence-corrected chi connectivity index (χ1v) is 15.8. The summed E-state index contributed by atoms with van der Waals surface area (Å²) in [5, 5.41) is 19.6. The van der Waals surface area contributed by atoms with Crippen molar-refractivity contribution < 1.29 is 31.9 Å². The molecular weight excluding hydrogens is 616 g/mol. The summed E-state index contributed by atoms with van der Waals surface area (Å²) in [5.74, 6) is 1.53. The van der Waals surface area contributed by atoms with E-state index in [4.69, 9.17) is 18.9 Å². The molecule has 0 amide bonds. The van der Waals surface area contributed by atoms with Crippen molar-refractivity contribution >= 4 is 10.1 Å². The quantitative estimate of drug-likeness (QED) is 0.148. The largest absolute Gasteiger partial charge is 0.497 e. The van der Waals surface area contributed by atoms with Crippen LogP contribution in [-0.2, 0) is 15.5 Å². The molecule has 0 fully saturated rings. The molecule has 0 aliphatic heterocycles. The van der Waals surface area contributed by atoms with Crippen molar-refractivity contribution in [3.63, 3.8) is 0 Å². The summed E-state index contributed by atoms with van der Waals surface area (Å²) in [6.07, 6.45) is 0. The maximum Gasteiger partial charge on any atom is 0.298 e. The number of nitrogens with zero attached hydrogens (tertiary/aromatic N) is 2. The Hall–Kier alpha value is -5.81. The van der Waals surface area contributed by atoms with Crippen LogP contribution in [0.25, 0.3) is 0 Å². The first-order valence-electron chi connectivity index (χ1n) is 14.4. The van der Waals surface area contributed by atoms with Crippen molar-refractivity contribution in [1.29, 1.82) is 10.5 Å². The minimum absolute atomic E-state index is 0.00786. The van der Waals surface area contributed by atoms with Gasteiger partial charge in [-0.25, -0.2) is 0 Å². The second kappa shape index (κ2) is 13.3. The minimum atomic E-state index is -4.78. The molecule has 0 spiro atoms. The molecule has 5 aromatic carbocycles. The molecule has 0 aliphatic carbocycles. The van der Waals surface area contributed by atoms with E-state index in [1.165, 1.54) is 24.3 Å². The zero-order valence-corrected chi connectivity index (χ0v) is 26.8. The molecule has 0 unspecified atom stereocenters. The standard InChI is InChI=1S/C37H30N2O7S/c1-24-7-5-8-32(30(24)22-38)46-35-20-19-29(21-36(35)47(40,41)42)45-34-10-6-9-33(31(34)23-39)44-28-17-13-26(14-18-28)37(2,3)25-11-15-27(43-4)16-12-25/h5-21H,1-4H3,(H,40,41,42). The Balaban J connectivity index is 1.39. The van der Waals surface area contributed by atoms with Crippen molar-refractivity contribution in [2.45, 2.75) is 31.1 Å². The maximum atomic E-state index is 12.3. The molecule has 47 heavy (non-hydrogen) atoms. The summed E-state index contributed by atoms with van der Waals surface area (Å²) in [5.41, 5.74) is 2.80. The number of benzene rings is 5. The van der Waals surface area contributed by atoms with E-state index in [0.29, 0.717) is 11.3 Å². The zero-order chi connectivity index (χ0) is 33.8. The van der Waals surface area contributed by atoms with Crippen molar-refractivity contribution in [2.24, 2.45) is 0 Å². The molecule has 10 heteroatoms. The number of methoxy groups -OCH3 is 1. The van der Waals surface area contributed by atoms with Crippen molar-refractivity contribution in [3.8, 4) is 52.4 Å². The smallest absolute Gasteiger partial charge is 0.298 e. The minimum Gasteiger partial charge on any atom is -0.497 e. The number of hydrogen-bond acceptors (Lipinski definition) is 8. The predicted molar refractivity (Wildman–Crippen MR) is 175 cm³/mol. The molecule has 9 nitrogen and oxygen atoms in total. The van der Waals surface area contributed by atoms with E-state index in [9.17, 15) is 23.5 Å².